The molecule has 0 bridgehead atoms. The van der Waals surface area contributed by atoms with Gasteiger partial charge in [0.1, 0.15) is 6.07 Å². The van der Waals surface area contributed by atoms with Crippen LogP contribution in [0, 0.1) is 28.9 Å². The summed E-state index contributed by atoms with van der Waals surface area (Å²) in [4.78, 5) is 0. The molecule has 0 aromatic heterocycles. The Bertz CT molecular complexity index is 557. The Morgan fingerprint density at radius 1 is 1.24 bits per heavy atom. The zero-order chi connectivity index (χ0) is 15.2. The first-order chi connectivity index (χ1) is 10.1. The van der Waals surface area contributed by atoms with Crippen LogP contribution < -0.4 is 0 Å². The number of nitriles is 1. The van der Waals surface area contributed by atoms with E-state index in [1.807, 2.05) is 0 Å². The Morgan fingerprint density at radius 3 is 2.57 bits per heavy atom. The molecule has 1 aromatic rings. The van der Waals surface area contributed by atoms with Crippen molar-refractivity contribution in [2.24, 2.45) is 5.92 Å². The van der Waals surface area contributed by atoms with E-state index in [-0.39, 0.29) is 18.6 Å². The summed E-state index contributed by atoms with van der Waals surface area (Å²) in [7, 11) is 0. The fraction of sp³-hybridized carbons (Fsp3) is 0.438. The number of allylic oxidation sites excluding steroid dienone is 2. The second-order valence-electron chi connectivity index (χ2n) is 5.22. The minimum absolute atomic E-state index is 0.0351. The number of nitrogens with zero attached hydrogens (tertiary/aromatic N) is 1. The van der Waals surface area contributed by atoms with Gasteiger partial charge < -0.3 is 4.74 Å². The average molecular weight is 295 g/mol. The molecule has 1 aliphatic carbocycles. The van der Waals surface area contributed by atoms with Gasteiger partial charge in [0, 0.05) is 0 Å². The standard InChI is InChI=1S/C16H16F3NO/c17-13(9-20)7-11-1-4-14(5-2-11)21-10-12-3-6-15(18)16(19)8-12/h3,6-8,11,14H,1-2,4-5,10H2. The lowest BCUT2D eigenvalue weighted by Crippen LogP contribution is -2.20. The van der Waals surface area contributed by atoms with E-state index < -0.39 is 17.5 Å². The molecule has 0 radical (unpaired) electrons. The summed E-state index contributed by atoms with van der Waals surface area (Å²) in [6, 6.07) is 5.19. The van der Waals surface area contributed by atoms with Crippen LogP contribution in [0.5, 0.6) is 0 Å². The van der Waals surface area contributed by atoms with Gasteiger partial charge in [-0.05, 0) is 55.4 Å². The number of benzene rings is 1. The van der Waals surface area contributed by atoms with Gasteiger partial charge in [0.05, 0.1) is 12.7 Å². The fourth-order valence-electron chi connectivity index (χ4n) is 2.51. The maximum absolute atomic E-state index is 13.1. The molecule has 0 saturated heterocycles. The van der Waals surface area contributed by atoms with Crippen LogP contribution in [0.1, 0.15) is 31.2 Å². The first kappa shape index (κ1) is 15.6. The zero-order valence-corrected chi connectivity index (χ0v) is 11.5. The smallest absolute Gasteiger partial charge is 0.196 e. The third-order valence-corrected chi connectivity index (χ3v) is 3.68. The van der Waals surface area contributed by atoms with Gasteiger partial charge in [0.2, 0.25) is 0 Å². The summed E-state index contributed by atoms with van der Waals surface area (Å²) in [5.74, 6) is -2.41. The van der Waals surface area contributed by atoms with Crippen LogP contribution in [0.15, 0.2) is 30.1 Å². The van der Waals surface area contributed by atoms with Gasteiger partial charge in [-0.3, -0.25) is 0 Å². The lowest BCUT2D eigenvalue weighted by molar-refractivity contribution is 0.0108. The second kappa shape index (κ2) is 7.28. The normalized spacial score (nSPS) is 22.9. The molecule has 1 aliphatic rings. The van der Waals surface area contributed by atoms with Crippen molar-refractivity contribution in [3.8, 4) is 6.07 Å². The Hall–Kier alpha value is -1.80. The molecule has 2 rings (SSSR count). The summed E-state index contributed by atoms with van der Waals surface area (Å²) in [5, 5.41) is 8.39. The Morgan fingerprint density at radius 2 is 1.95 bits per heavy atom. The number of rotatable bonds is 4. The molecule has 112 valence electrons. The van der Waals surface area contributed by atoms with Gasteiger partial charge in [-0.2, -0.15) is 9.65 Å². The number of halogens is 3. The molecule has 21 heavy (non-hydrogen) atoms. The summed E-state index contributed by atoms with van der Waals surface area (Å²) >= 11 is 0. The molecule has 0 amide bonds. The molecular weight excluding hydrogens is 279 g/mol. The van der Waals surface area contributed by atoms with Crippen molar-refractivity contribution in [3.63, 3.8) is 0 Å². The van der Waals surface area contributed by atoms with Crippen molar-refractivity contribution < 1.29 is 17.9 Å². The van der Waals surface area contributed by atoms with E-state index in [9.17, 15) is 13.2 Å². The van der Waals surface area contributed by atoms with Crippen LogP contribution in [-0.4, -0.2) is 6.10 Å². The number of hydrogen-bond acceptors (Lipinski definition) is 2. The van der Waals surface area contributed by atoms with Crippen molar-refractivity contribution in [1.82, 2.24) is 0 Å². The average Bonchev–Trinajstić information content (AvgIpc) is 2.50. The zero-order valence-electron chi connectivity index (χ0n) is 11.5. The van der Waals surface area contributed by atoms with E-state index >= 15 is 0 Å². The van der Waals surface area contributed by atoms with Crippen LogP contribution in [0.3, 0.4) is 0 Å². The Kier molecular flexibility index (Phi) is 5.40. The van der Waals surface area contributed by atoms with Gasteiger partial charge in [0.25, 0.3) is 0 Å². The quantitative estimate of drug-likeness (QED) is 0.770. The Labute approximate surface area is 121 Å². The number of hydrogen-bond donors (Lipinski definition) is 0. The van der Waals surface area contributed by atoms with Crippen LogP contribution in [0.4, 0.5) is 13.2 Å². The maximum Gasteiger partial charge on any atom is 0.196 e. The van der Waals surface area contributed by atoms with Gasteiger partial charge in [0.15, 0.2) is 17.5 Å². The minimum atomic E-state index is -0.878. The molecule has 0 heterocycles. The monoisotopic (exact) mass is 295 g/mol. The molecule has 0 unspecified atom stereocenters. The van der Waals surface area contributed by atoms with Crippen LogP contribution in [0.2, 0.25) is 0 Å². The summed E-state index contributed by atoms with van der Waals surface area (Å²) in [6.07, 6.45) is 4.46. The van der Waals surface area contributed by atoms with Gasteiger partial charge in [-0.25, -0.2) is 8.78 Å². The van der Waals surface area contributed by atoms with Crippen molar-refractivity contribution in [1.29, 1.82) is 5.26 Å². The van der Waals surface area contributed by atoms with E-state index in [1.54, 1.807) is 0 Å². The Balaban J connectivity index is 1.79. The molecule has 1 fully saturated rings. The first-order valence-corrected chi connectivity index (χ1v) is 6.91. The third kappa shape index (κ3) is 4.61. The van der Waals surface area contributed by atoms with E-state index in [1.165, 1.54) is 18.2 Å². The van der Waals surface area contributed by atoms with Crippen LogP contribution >= 0.6 is 0 Å². The highest BCUT2D eigenvalue weighted by Gasteiger charge is 2.21. The predicted octanol–water partition coefficient (Wildman–Crippen LogP) is 4.42. The molecule has 5 heteroatoms. The summed E-state index contributed by atoms with van der Waals surface area (Å²) in [5.41, 5.74) is 0.589. The maximum atomic E-state index is 13.1. The van der Waals surface area contributed by atoms with Gasteiger partial charge in [-0.1, -0.05) is 6.07 Å². The molecule has 2 nitrogen and oxygen atoms in total. The SMILES string of the molecule is N#CC(F)=CC1CCC(OCc2ccc(F)c(F)c2)CC1. The molecule has 0 atom stereocenters. The van der Waals surface area contributed by atoms with Gasteiger partial charge in [-0.15, -0.1) is 0 Å². The lowest BCUT2D eigenvalue weighted by Gasteiger charge is -2.26. The highest BCUT2D eigenvalue weighted by molar-refractivity contribution is 5.17. The van der Waals surface area contributed by atoms with E-state index in [4.69, 9.17) is 10.00 Å². The van der Waals surface area contributed by atoms with Crippen molar-refractivity contribution in [2.75, 3.05) is 0 Å². The third-order valence-electron chi connectivity index (χ3n) is 3.68. The van der Waals surface area contributed by atoms with Gasteiger partial charge >= 0.3 is 0 Å². The van der Waals surface area contributed by atoms with Crippen molar-refractivity contribution in [2.45, 2.75) is 38.4 Å². The first-order valence-electron chi connectivity index (χ1n) is 6.91. The van der Waals surface area contributed by atoms with Crippen molar-refractivity contribution >= 4 is 0 Å². The molecule has 0 aliphatic heterocycles. The second-order valence-corrected chi connectivity index (χ2v) is 5.22. The number of ether oxygens (including phenoxy) is 1. The van der Waals surface area contributed by atoms with Crippen LogP contribution in [-0.2, 0) is 11.3 Å². The van der Waals surface area contributed by atoms with E-state index in [0.717, 1.165) is 37.8 Å². The predicted molar refractivity (Wildman–Crippen MR) is 71.7 cm³/mol. The highest BCUT2D eigenvalue weighted by Crippen LogP contribution is 2.28. The fourth-order valence-corrected chi connectivity index (χ4v) is 2.51. The molecular formula is C16H16F3NO. The summed E-state index contributed by atoms with van der Waals surface area (Å²) in [6.45, 7) is 0.231. The molecule has 1 aromatic carbocycles. The lowest BCUT2D eigenvalue weighted by atomic mass is 9.87. The largest absolute Gasteiger partial charge is 0.374 e. The van der Waals surface area contributed by atoms with Crippen LogP contribution in [0.25, 0.3) is 0 Å². The van der Waals surface area contributed by atoms with E-state index in [2.05, 4.69) is 0 Å². The topological polar surface area (TPSA) is 33.0 Å². The molecule has 0 spiro atoms. The highest BCUT2D eigenvalue weighted by atomic mass is 19.2. The minimum Gasteiger partial charge on any atom is -0.374 e. The summed E-state index contributed by atoms with van der Waals surface area (Å²) < 4.78 is 44.4. The molecule has 1 saturated carbocycles. The molecule has 0 N–H and O–H groups in total. The van der Waals surface area contributed by atoms with E-state index in [0.29, 0.717) is 5.56 Å². The van der Waals surface area contributed by atoms with Crippen molar-refractivity contribution in [3.05, 3.63) is 47.3 Å².